The van der Waals surface area contributed by atoms with Gasteiger partial charge in [-0.3, -0.25) is 0 Å². The Labute approximate surface area is 139 Å². The summed E-state index contributed by atoms with van der Waals surface area (Å²) in [5.41, 5.74) is -0.456. The number of ether oxygens (including phenoxy) is 1. The van der Waals surface area contributed by atoms with Crippen molar-refractivity contribution in [1.29, 1.82) is 0 Å². The molecule has 1 amide bonds. The third-order valence-electron chi connectivity index (χ3n) is 4.25. The Morgan fingerprint density at radius 2 is 2.13 bits per heavy atom. The highest BCUT2D eigenvalue weighted by Gasteiger charge is 2.28. The van der Waals surface area contributed by atoms with Gasteiger partial charge in [0.25, 0.3) is 0 Å². The topological polar surface area (TPSA) is 63.5 Å². The summed E-state index contributed by atoms with van der Waals surface area (Å²) in [5.74, 6) is 1.38. The van der Waals surface area contributed by atoms with Crippen molar-refractivity contribution in [3.05, 3.63) is 24.2 Å². The van der Waals surface area contributed by atoms with Gasteiger partial charge in [-0.2, -0.15) is 0 Å². The maximum atomic E-state index is 11.8. The van der Waals surface area contributed by atoms with Crippen molar-refractivity contribution in [2.45, 2.75) is 71.1 Å². The monoisotopic (exact) mass is 322 g/mol. The molecule has 1 aromatic heterocycles. The molecular weight excluding hydrogens is 292 g/mol. The van der Waals surface area contributed by atoms with Crippen LogP contribution in [0.3, 0.4) is 0 Å². The van der Waals surface area contributed by atoms with Gasteiger partial charge in [-0.05, 0) is 58.6 Å². The Kier molecular flexibility index (Phi) is 6.10. The van der Waals surface area contributed by atoms with Crippen molar-refractivity contribution in [2.24, 2.45) is 5.92 Å². The first kappa shape index (κ1) is 17.9. The van der Waals surface area contributed by atoms with Gasteiger partial charge in [0, 0.05) is 12.6 Å². The van der Waals surface area contributed by atoms with E-state index in [4.69, 9.17) is 9.15 Å². The zero-order valence-corrected chi connectivity index (χ0v) is 14.7. The average molecular weight is 322 g/mol. The number of hydrogen-bond donors (Lipinski definition) is 2. The minimum Gasteiger partial charge on any atom is -0.468 e. The van der Waals surface area contributed by atoms with E-state index in [0.29, 0.717) is 18.5 Å². The van der Waals surface area contributed by atoms with Crippen LogP contribution in [0.4, 0.5) is 4.79 Å². The van der Waals surface area contributed by atoms with Crippen molar-refractivity contribution in [2.75, 3.05) is 6.54 Å². The molecule has 2 unspecified atom stereocenters. The summed E-state index contributed by atoms with van der Waals surface area (Å²) in [6.45, 7) is 8.40. The van der Waals surface area contributed by atoms with Crippen LogP contribution in [0.5, 0.6) is 0 Å². The van der Waals surface area contributed by atoms with Gasteiger partial charge in [0.05, 0.1) is 12.3 Å². The Balaban J connectivity index is 1.84. The molecule has 5 nitrogen and oxygen atoms in total. The van der Waals surface area contributed by atoms with Gasteiger partial charge in [0.1, 0.15) is 11.4 Å². The molecule has 2 rings (SSSR count). The number of rotatable bonds is 5. The summed E-state index contributed by atoms with van der Waals surface area (Å²) < 4.78 is 10.8. The lowest BCUT2D eigenvalue weighted by Gasteiger charge is -2.34. The lowest BCUT2D eigenvalue weighted by molar-refractivity contribution is 0.0509. The average Bonchev–Trinajstić information content (AvgIpc) is 2.99. The van der Waals surface area contributed by atoms with Gasteiger partial charge in [-0.1, -0.05) is 12.8 Å². The summed E-state index contributed by atoms with van der Waals surface area (Å²) in [5, 5.41) is 6.58. The van der Waals surface area contributed by atoms with Crippen LogP contribution in [0.15, 0.2) is 22.8 Å². The summed E-state index contributed by atoms with van der Waals surface area (Å²) >= 11 is 0. The Hall–Kier alpha value is -1.49. The lowest BCUT2D eigenvalue weighted by Crippen LogP contribution is -2.45. The van der Waals surface area contributed by atoms with Crippen molar-refractivity contribution in [3.8, 4) is 0 Å². The molecule has 0 bridgehead atoms. The second-order valence-corrected chi connectivity index (χ2v) is 7.44. The fraction of sp³-hybridized carbons (Fsp3) is 0.722. The molecule has 5 heteroatoms. The summed E-state index contributed by atoms with van der Waals surface area (Å²) in [6, 6.07) is 4.47. The molecule has 1 heterocycles. The number of amides is 1. The first-order valence-corrected chi connectivity index (χ1v) is 8.61. The quantitative estimate of drug-likeness (QED) is 0.859. The van der Waals surface area contributed by atoms with E-state index >= 15 is 0 Å². The van der Waals surface area contributed by atoms with Gasteiger partial charge in [0.2, 0.25) is 0 Å². The van der Waals surface area contributed by atoms with Crippen LogP contribution in [-0.2, 0) is 4.74 Å². The van der Waals surface area contributed by atoms with E-state index < -0.39 is 5.60 Å². The summed E-state index contributed by atoms with van der Waals surface area (Å²) in [6.07, 6.45) is 6.07. The van der Waals surface area contributed by atoms with Gasteiger partial charge in [0.15, 0.2) is 0 Å². The molecule has 1 fully saturated rings. The molecule has 0 saturated heterocycles. The molecule has 0 spiro atoms. The van der Waals surface area contributed by atoms with E-state index in [1.807, 2.05) is 32.9 Å². The van der Waals surface area contributed by atoms with E-state index in [1.54, 1.807) is 6.26 Å². The number of hydrogen-bond acceptors (Lipinski definition) is 4. The molecule has 23 heavy (non-hydrogen) atoms. The van der Waals surface area contributed by atoms with E-state index in [-0.39, 0.29) is 12.1 Å². The number of nitrogens with one attached hydrogen (secondary N) is 2. The number of alkyl carbamates (subject to hydrolysis) is 1. The third-order valence-corrected chi connectivity index (χ3v) is 4.25. The van der Waals surface area contributed by atoms with Crippen molar-refractivity contribution in [3.63, 3.8) is 0 Å². The first-order valence-electron chi connectivity index (χ1n) is 8.61. The standard InChI is InChI=1S/C18H30N2O3/c1-13(16-10-7-11-22-16)20-15-9-6-5-8-14(15)12-19-17(21)23-18(2,3)4/h7,10-11,13-15,20H,5-6,8-9,12H2,1-4H3,(H,19,21)/t13-,14?,15?/m0/s1. The highest BCUT2D eigenvalue weighted by atomic mass is 16.6. The summed E-state index contributed by atoms with van der Waals surface area (Å²) in [7, 11) is 0. The van der Waals surface area contributed by atoms with Crippen LogP contribution < -0.4 is 10.6 Å². The van der Waals surface area contributed by atoms with Gasteiger partial charge >= 0.3 is 6.09 Å². The maximum absolute atomic E-state index is 11.8. The second-order valence-electron chi connectivity index (χ2n) is 7.44. The predicted molar refractivity (Wildman–Crippen MR) is 90.2 cm³/mol. The van der Waals surface area contributed by atoms with Crippen molar-refractivity contribution < 1.29 is 13.9 Å². The van der Waals surface area contributed by atoms with Crippen LogP contribution >= 0.6 is 0 Å². The molecule has 130 valence electrons. The molecule has 0 radical (unpaired) electrons. The zero-order chi connectivity index (χ0) is 16.9. The minimum absolute atomic E-state index is 0.178. The van der Waals surface area contributed by atoms with Gasteiger partial charge in [-0.25, -0.2) is 4.79 Å². The highest BCUT2D eigenvalue weighted by molar-refractivity contribution is 5.67. The Morgan fingerprint density at radius 1 is 1.39 bits per heavy atom. The smallest absolute Gasteiger partial charge is 0.407 e. The molecule has 3 atom stereocenters. The molecule has 2 N–H and O–H groups in total. The minimum atomic E-state index is -0.456. The van der Waals surface area contributed by atoms with Crippen LogP contribution in [-0.4, -0.2) is 24.3 Å². The molecule has 1 aliphatic rings. The number of carbonyl (C=O) groups is 1. The van der Waals surface area contributed by atoms with Gasteiger partial charge < -0.3 is 19.8 Å². The van der Waals surface area contributed by atoms with Crippen LogP contribution in [0, 0.1) is 5.92 Å². The van der Waals surface area contributed by atoms with Gasteiger partial charge in [-0.15, -0.1) is 0 Å². The number of furan rings is 1. The van der Waals surface area contributed by atoms with E-state index in [9.17, 15) is 4.79 Å². The molecule has 0 aromatic carbocycles. The summed E-state index contributed by atoms with van der Waals surface area (Å²) in [4.78, 5) is 11.8. The van der Waals surface area contributed by atoms with Crippen molar-refractivity contribution in [1.82, 2.24) is 10.6 Å². The highest BCUT2D eigenvalue weighted by Crippen LogP contribution is 2.26. The van der Waals surface area contributed by atoms with Crippen LogP contribution in [0.1, 0.15) is 65.2 Å². The normalized spacial score (nSPS) is 23.3. The molecule has 1 aliphatic carbocycles. The molecule has 1 aromatic rings. The first-order chi connectivity index (χ1) is 10.8. The predicted octanol–water partition coefficient (Wildman–Crippen LogP) is 4.01. The second kappa shape index (κ2) is 7.86. The van der Waals surface area contributed by atoms with E-state index in [1.165, 1.54) is 12.8 Å². The Bertz CT molecular complexity index is 479. The molecular formula is C18H30N2O3. The molecule has 0 aliphatic heterocycles. The maximum Gasteiger partial charge on any atom is 0.407 e. The molecule has 1 saturated carbocycles. The zero-order valence-electron chi connectivity index (χ0n) is 14.7. The lowest BCUT2D eigenvalue weighted by atomic mass is 9.84. The Morgan fingerprint density at radius 3 is 2.78 bits per heavy atom. The third kappa shape index (κ3) is 5.90. The fourth-order valence-corrected chi connectivity index (χ4v) is 3.14. The van der Waals surface area contributed by atoms with Crippen molar-refractivity contribution >= 4 is 6.09 Å². The SMILES string of the molecule is C[C@H](NC1CCCCC1CNC(=O)OC(C)(C)C)c1ccco1. The number of carbonyl (C=O) groups excluding carboxylic acids is 1. The van der Waals surface area contributed by atoms with E-state index in [0.717, 1.165) is 18.6 Å². The fourth-order valence-electron chi connectivity index (χ4n) is 3.14. The largest absolute Gasteiger partial charge is 0.468 e. The van der Waals surface area contributed by atoms with Crippen LogP contribution in [0.25, 0.3) is 0 Å². The van der Waals surface area contributed by atoms with E-state index in [2.05, 4.69) is 17.6 Å². The van der Waals surface area contributed by atoms with Crippen LogP contribution in [0.2, 0.25) is 0 Å².